The number of likely N-dealkylation sites (tertiary alicyclic amines) is 1. The van der Waals surface area contributed by atoms with Gasteiger partial charge < -0.3 is 16.0 Å². The zero-order valence-corrected chi connectivity index (χ0v) is 13.2. The lowest BCUT2D eigenvalue weighted by molar-refractivity contribution is -0.132. The van der Waals surface area contributed by atoms with Gasteiger partial charge in [0.1, 0.15) is 0 Å². The van der Waals surface area contributed by atoms with Gasteiger partial charge in [-0.3, -0.25) is 14.5 Å². The van der Waals surface area contributed by atoms with Crippen molar-refractivity contribution in [3.05, 3.63) is 0 Å². The van der Waals surface area contributed by atoms with Gasteiger partial charge in [-0.1, -0.05) is 0 Å². The van der Waals surface area contributed by atoms with Gasteiger partial charge in [0.25, 0.3) is 0 Å². The summed E-state index contributed by atoms with van der Waals surface area (Å²) in [5, 5.41) is 9.17. The summed E-state index contributed by atoms with van der Waals surface area (Å²) in [5.41, 5.74) is -0.266. The highest BCUT2D eigenvalue weighted by Gasteiger charge is 2.36. The fourth-order valence-electron chi connectivity index (χ4n) is 3.13. The smallest absolute Gasteiger partial charge is 0.233 e. The number of nitrogens with one attached hydrogen (secondary N) is 3. The highest BCUT2D eigenvalue weighted by molar-refractivity contribution is 5.83. The molecule has 21 heavy (non-hydrogen) atoms. The van der Waals surface area contributed by atoms with E-state index in [9.17, 15) is 9.59 Å². The van der Waals surface area contributed by atoms with Crippen LogP contribution in [-0.4, -0.2) is 62.5 Å². The number of piperidine rings is 2. The minimum Gasteiger partial charge on any atom is -0.358 e. The van der Waals surface area contributed by atoms with E-state index in [-0.39, 0.29) is 23.3 Å². The zero-order chi connectivity index (χ0) is 15.3. The van der Waals surface area contributed by atoms with E-state index in [1.807, 2.05) is 0 Å². The van der Waals surface area contributed by atoms with Gasteiger partial charge in [-0.15, -0.1) is 0 Å². The number of carbonyl (C=O) groups is 2. The van der Waals surface area contributed by atoms with Crippen molar-refractivity contribution in [3.8, 4) is 0 Å². The zero-order valence-electron chi connectivity index (χ0n) is 13.2. The van der Waals surface area contributed by atoms with E-state index in [0.29, 0.717) is 6.54 Å². The molecule has 6 heteroatoms. The molecule has 2 fully saturated rings. The number of hydrogen-bond donors (Lipinski definition) is 3. The molecule has 0 aromatic carbocycles. The summed E-state index contributed by atoms with van der Waals surface area (Å²) >= 11 is 0. The van der Waals surface area contributed by atoms with Crippen LogP contribution in [0.15, 0.2) is 0 Å². The van der Waals surface area contributed by atoms with E-state index in [1.165, 1.54) is 0 Å². The van der Waals surface area contributed by atoms with Crippen LogP contribution in [-0.2, 0) is 9.59 Å². The number of carbonyl (C=O) groups excluding carboxylic acids is 2. The van der Waals surface area contributed by atoms with Crippen molar-refractivity contribution >= 4 is 11.8 Å². The van der Waals surface area contributed by atoms with E-state index in [1.54, 1.807) is 7.05 Å². The van der Waals surface area contributed by atoms with Crippen LogP contribution in [0.4, 0.5) is 0 Å². The Labute approximate surface area is 127 Å². The van der Waals surface area contributed by atoms with Crippen molar-refractivity contribution < 1.29 is 9.59 Å². The van der Waals surface area contributed by atoms with E-state index in [0.717, 1.165) is 51.9 Å². The van der Waals surface area contributed by atoms with Gasteiger partial charge in [0.15, 0.2) is 0 Å². The summed E-state index contributed by atoms with van der Waals surface area (Å²) < 4.78 is 0. The summed E-state index contributed by atoms with van der Waals surface area (Å²) in [6.07, 6.45) is 3.87. The molecule has 0 radical (unpaired) electrons. The average Bonchev–Trinajstić information content (AvgIpc) is 2.50. The quantitative estimate of drug-likeness (QED) is 0.666. The van der Waals surface area contributed by atoms with Crippen LogP contribution in [0, 0.1) is 5.41 Å². The molecule has 1 unspecified atom stereocenters. The van der Waals surface area contributed by atoms with Crippen molar-refractivity contribution in [1.82, 2.24) is 20.9 Å². The lowest BCUT2D eigenvalue weighted by Crippen LogP contribution is -2.53. The first kappa shape index (κ1) is 16.2. The van der Waals surface area contributed by atoms with E-state index in [2.05, 4.69) is 27.8 Å². The number of amides is 2. The summed E-state index contributed by atoms with van der Waals surface area (Å²) in [7, 11) is 1.66. The summed E-state index contributed by atoms with van der Waals surface area (Å²) in [6, 6.07) is 0.247. The highest BCUT2D eigenvalue weighted by atomic mass is 16.2. The van der Waals surface area contributed by atoms with Gasteiger partial charge in [0, 0.05) is 32.7 Å². The lowest BCUT2D eigenvalue weighted by Gasteiger charge is -2.36. The van der Waals surface area contributed by atoms with E-state index in [4.69, 9.17) is 0 Å². The molecule has 2 aliphatic heterocycles. The predicted molar refractivity (Wildman–Crippen MR) is 81.9 cm³/mol. The Balaban J connectivity index is 1.75. The highest BCUT2D eigenvalue weighted by Crippen LogP contribution is 2.26. The van der Waals surface area contributed by atoms with Crippen molar-refractivity contribution in [2.45, 2.75) is 38.6 Å². The maximum absolute atomic E-state index is 12.5. The summed E-state index contributed by atoms with van der Waals surface area (Å²) in [6.45, 7) is 6.03. The standard InChI is InChI=1S/C15H28N4O2/c1-15(6-3-7-17-11-15)14(21)18-12-4-8-19(9-5-12)10-13(20)16-2/h12,17H,3-11H2,1-2H3,(H,16,20)(H,18,21). The van der Waals surface area contributed by atoms with Crippen LogP contribution < -0.4 is 16.0 Å². The molecule has 2 heterocycles. The summed E-state index contributed by atoms with van der Waals surface area (Å²) in [4.78, 5) is 26.0. The fourth-order valence-corrected chi connectivity index (χ4v) is 3.13. The van der Waals surface area contributed by atoms with Crippen LogP contribution in [0.25, 0.3) is 0 Å². The van der Waals surface area contributed by atoms with Crippen LogP contribution in [0.1, 0.15) is 32.6 Å². The molecular formula is C15H28N4O2. The van der Waals surface area contributed by atoms with Gasteiger partial charge in [0.05, 0.1) is 12.0 Å². The minimum atomic E-state index is -0.266. The Kier molecular flexibility index (Phi) is 5.58. The largest absolute Gasteiger partial charge is 0.358 e. The fraction of sp³-hybridized carbons (Fsp3) is 0.867. The van der Waals surface area contributed by atoms with Gasteiger partial charge >= 0.3 is 0 Å². The molecule has 6 nitrogen and oxygen atoms in total. The maximum atomic E-state index is 12.5. The topological polar surface area (TPSA) is 73.5 Å². The van der Waals surface area contributed by atoms with Crippen molar-refractivity contribution in [2.24, 2.45) is 5.41 Å². The first-order valence-corrected chi connectivity index (χ1v) is 7.98. The molecular weight excluding hydrogens is 268 g/mol. The Morgan fingerprint density at radius 1 is 1.33 bits per heavy atom. The molecule has 2 aliphatic rings. The molecule has 2 saturated heterocycles. The normalized spacial score (nSPS) is 28.1. The number of nitrogens with zero attached hydrogens (tertiary/aromatic N) is 1. The third-order valence-corrected chi connectivity index (χ3v) is 4.71. The third kappa shape index (κ3) is 4.41. The number of rotatable bonds is 4. The Morgan fingerprint density at radius 3 is 2.62 bits per heavy atom. The maximum Gasteiger partial charge on any atom is 0.233 e. The molecule has 2 rings (SSSR count). The van der Waals surface area contributed by atoms with Gasteiger partial charge in [-0.05, 0) is 39.2 Å². The molecule has 0 saturated carbocycles. The molecule has 2 amide bonds. The monoisotopic (exact) mass is 296 g/mol. The molecule has 120 valence electrons. The molecule has 0 spiro atoms. The van der Waals surface area contributed by atoms with Gasteiger partial charge in [-0.2, -0.15) is 0 Å². The molecule has 0 bridgehead atoms. The molecule has 0 aliphatic carbocycles. The minimum absolute atomic E-state index is 0.0540. The van der Waals surface area contributed by atoms with Gasteiger partial charge in [0.2, 0.25) is 11.8 Å². The second-order valence-corrected chi connectivity index (χ2v) is 6.54. The SMILES string of the molecule is CNC(=O)CN1CCC(NC(=O)C2(C)CCCNC2)CC1. The van der Waals surface area contributed by atoms with Crippen LogP contribution in [0.2, 0.25) is 0 Å². The molecule has 3 N–H and O–H groups in total. The third-order valence-electron chi connectivity index (χ3n) is 4.71. The number of likely N-dealkylation sites (N-methyl/N-ethyl adjacent to an activating group) is 1. The first-order valence-electron chi connectivity index (χ1n) is 7.98. The second-order valence-electron chi connectivity index (χ2n) is 6.54. The second kappa shape index (κ2) is 7.22. The Morgan fingerprint density at radius 2 is 2.05 bits per heavy atom. The van der Waals surface area contributed by atoms with Crippen molar-refractivity contribution in [2.75, 3.05) is 39.8 Å². The van der Waals surface area contributed by atoms with Crippen LogP contribution in [0.5, 0.6) is 0 Å². The van der Waals surface area contributed by atoms with E-state index < -0.39 is 0 Å². The van der Waals surface area contributed by atoms with Gasteiger partial charge in [-0.25, -0.2) is 0 Å². The Hall–Kier alpha value is -1.14. The van der Waals surface area contributed by atoms with E-state index >= 15 is 0 Å². The molecule has 1 atom stereocenters. The Bertz CT molecular complexity index is 372. The predicted octanol–water partition coefficient (Wildman–Crippen LogP) is -0.297. The first-order chi connectivity index (χ1) is 10.0. The molecule has 0 aromatic rings. The van der Waals surface area contributed by atoms with Crippen molar-refractivity contribution in [1.29, 1.82) is 0 Å². The summed E-state index contributed by atoms with van der Waals surface area (Å²) in [5.74, 6) is 0.234. The lowest BCUT2D eigenvalue weighted by atomic mass is 9.81. The van der Waals surface area contributed by atoms with Crippen LogP contribution >= 0.6 is 0 Å². The van der Waals surface area contributed by atoms with Crippen LogP contribution in [0.3, 0.4) is 0 Å². The molecule has 0 aromatic heterocycles. The number of hydrogen-bond acceptors (Lipinski definition) is 4. The average molecular weight is 296 g/mol. The van der Waals surface area contributed by atoms with Crippen molar-refractivity contribution in [3.63, 3.8) is 0 Å².